The van der Waals surface area contributed by atoms with Gasteiger partial charge in [0.05, 0.1) is 0 Å². The Morgan fingerprint density at radius 1 is 1.04 bits per heavy atom. The van der Waals surface area contributed by atoms with E-state index in [-0.39, 0.29) is 5.91 Å². The van der Waals surface area contributed by atoms with E-state index in [1.165, 1.54) is 0 Å². The molecule has 150 valence electrons. The molecule has 0 unspecified atom stereocenters. The highest BCUT2D eigenvalue weighted by Crippen LogP contribution is 2.15. The molecule has 0 atom stereocenters. The Morgan fingerprint density at radius 2 is 1.74 bits per heavy atom. The smallest absolute Gasteiger partial charge is 0.330 e. The Morgan fingerprint density at radius 3 is 2.41 bits per heavy atom. The van der Waals surface area contributed by atoms with Gasteiger partial charge in [0, 0.05) is 32.5 Å². The molecule has 2 N–H and O–H groups in total. The molecule has 2 heterocycles. The summed E-state index contributed by atoms with van der Waals surface area (Å²) in [6.45, 7) is 7.81. The maximum absolute atomic E-state index is 12.5. The molecule has 0 fully saturated rings. The van der Waals surface area contributed by atoms with Crippen LogP contribution in [0.2, 0.25) is 0 Å². The first-order valence-corrected chi connectivity index (χ1v) is 10.0. The van der Waals surface area contributed by atoms with Crippen LogP contribution in [0.1, 0.15) is 65.1 Å². The van der Waals surface area contributed by atoms with Crippen molar-refractivity contribution in [3.05, 3.63) is 26.7 Å². The van der Waals surface area contributed by atoms with Gasteiger partial charge in [-0.3, -0.25) is 19.1 Å². The van der Waals surface area contributed by atoms with Crippen LogP contribution in [0, 0.1) is 0 Å². The number of hydrogen-bond donors (Lipinski definition) is 2. The van der Waals surface area contributed by atoms with Crippen molar-refractivity contribution < 1.29 is 4.79 Å². The summed E-state index contributed by atoms with van der Waals surface area (Å²) in [6.07, 6.45) is 5.55. The molecule has 2 aromatic heterocycles. The zero-order valence-electron chi connectivity index (χ0n) is 16.6. The molecule has 0 aromatic carbocycles. The monoisotopic (exact) mass is 377 g/mol. The summed E-state index contributed by atoms with van der Waals surface area (Å²) in [6, 6.07) is 0. The highest BCUT2D eigenvalue weighted by molar-refractivity contribution is 5.76. The molecule has 0 radical (unpaired) electrons. The standard InChI is InChI=1S/C19H31N5O3/c1-4-7-9-13-23-14(10-11-15(25)20-6-3)21-17-16(23)18(26)22-19(27)24(17)12-8-5-2/h4-13H2,1-3H3,(H,20,25)(H,22,26,27). The van der Waals surface area contributed by atoms with E-state index in [4.69, 9.17) is 0 Å². The van der Waals surface area contributed by atoms with Gasteiger partial charge in [-0.15, -0.1) is 0 Å². The van der Waals surface area contributed by atoms with Crippen molar-refractivity contribution in [2.45, 2.75) is 78.8 Å². The van der Waals surface area contributed by atoms with Crippen LogP contribution in [0.3, 0.4) is 0 Å². The number of fused-ring (bicyclic) bond motifs is 1. The van der Waals surface area contributed by atoms with Gasteiger partial charge in [-0.25, -0.2) is 9.78 Å². The van der Waals surface area contributed by atoms with E-state index in [0.29, 0.717) is 49.5 Å². The van der Waals surface area contributed by atoms with Crippen molar-refractivity contribution in [3.63, 3.8) is 0 Å². The second kappa shape index (κ2) is 10.1. The van der Waals surface area contributed by atoms with Crippen molar-refractivity contribution in [1.82, 2.24) is 24.4 Å². The van der Waals surface area contributed by atoms with Gasteiger partial charge in [0.1, 0.15) is 5.82 Å². The number of nitrogens with one attached hydrogen (secondary N) is 2. The average molecular weight is 377 g/mol. The number of rotatable bonds is 11. The Hall–Kier alpha value is -2.38. The average Bonchev–Trinajstić information content (AvgIpc) is 2.99. The van der Waals surface area contributed by atoms with Crippen LogP contribution in [-0.4, -0.2) is 31.6 Å². The minimum atomic E-state index is -0.422. The van der Waals surface area contributed by atoms with Crippen molar-refractivity contribution in [2.24, 2.45) is 0 Å². The van der Waals surface area contributed by atoms with Crippen LogP contribution >= 0.6 is 0 Å². The molecule has 0 saturated carbocycles. The van der Waals surface area contributed by atoms with Crippen LogP contribution in [0.5, 0.6) is 0 Å². The summed E-state index contributed by atoms with van der Waals surface area (Å²) in [4.78, 5) is 43.7. The minimum Gasteiger partial charge on any atom is -0.356 e. The molecule has 0 saturated heterocycles. The fourth-order valence-corrected chi connectivity index (χ4v) is 3.20. The van der Waals surface area contributed by atoms with Crippen molar-refractivity contribution in [2.75, 3.05) is 6.54 Å². The van der Waals surface area contributed by atoms with Gasteiger partial charge < -0.3 is 9.88 Å². The first-order valence-electron chi connectivity index (χ1n) is 10.0. The molecule has 0 spiro atoms. The lowest BCUT2D eigenvalue weighted by Crippen LogP contribution is -2.31. The number of carbonyl (C=O) groups excluding carboxylic acids is 1. The van der Waals surface area contributed by atoms with Gasteiger partial charge in [-0.05, 0) is 19.8 Å². The first kappa shape index (κ1) is 20.9. The fraction of sp³-hybridized carbons (Fsp3) is 0.684. The Kier molecular flexibility index (Phi) is 7.82. The molecule has 27 heavy (non-hydrogen) atoms. The number of unbranched alkanes of at least 4 members (excludes halogenated alkanes) is 3. The quantitative estimate of drug-likeness (QED) is 0.584. The molecule has 0 aliphatic carbocycles. The van der Waals surface area contributed by atoms with Crippen LogP contribution in [0.4, 0.5) is 0 Å². The van der Waals surface area contributed by atoms with E-state index in [9.17, 15) is 14.4 Å². The van der Waals surface area contributed by atoms with Crippen molar-refractivity contribution in [3.8, 4) is 0 Å². The lowest BCUT2D eigenvalue weighted by molar-refractivity contribution is -0.120. The third-order valence-corrected chi connectivity index (χ3v) is 4.63. The fourth-order valence-electron chi connectivity index (χ4n) is 3.20. The van der Waals surface area contributed by atoms with Gasteiger partial charge >= 0.3 is 5.69 Å². The van der Waals surface area contributed by atoms with Gasteiger partial charge in [-0.2, -0.15) is 0 Å². The predicted octanol–water partition coefficient (Wildman–Crippen LogP) is 1.95. The van der Waals surface area contributed by atoms with Gasteiger partial charge in [-0.1, -0.05) is 33.1 Å². The van der Waals surface area contributed by atoms with Crippen LogP contribution in [0.15, 0.2) is 9.59 Å². The SMILES string of the molecule is CCCCCn1c(CCC(=O)NCC)nc2c1c(=O)[nH]c(=O)n2CCCC. The Labute approximate surface area is 159 Å². The number of aromatic nitrogens is 4. The zero-order valence-corrected chi connectivity index (χ0v) is 16.6. The first-order chi connectivity index (χ1) is 13.0. The summed E-state index contributed by atoms with van der Waals surface area (Å²) in [7, 11) is 0. The summed E-state index contributed by atoms with van der Waals surface area (Å²) in [5.41, 5.74) is 0.0396. The minimum absolute atomic E-state index is 0.0399. The predicted molar refractivity (Wildman–Crippen MR) is 106 cm³/mol. The zero-order chi connectivity index (χ0) is 19.8. The number of amides is 1. The summed E-state index contributed by atoms with van der Waals surface area (Å²) < 4.78 is 3.44. The third kappa shape index (κ3) is 5.08. The molecule has 1 amide bonds. The number of imidazole rings is 1. The molecular formula is C19H31N5O3. The maximum atomic E-state index is 12.5. The number of hydrogen-bond acceptors (Lipinski definition) is 4. The maximum Gasteiger partial charge on any atom is 0.330 e. The Balaban J connectivity index is 2.49. The molecule has 2 rings (SSSR count). The molecule has 0 aliphatic rings. The summed E-state index contributed by atoms with van der Waals surface area (Å²) in [5.74, 6) is 0.649. The van der Waals surface area contributed by atoms with Crippen LogP contribution < -0.4 is 16.6 Å². The van der Waals surface area contributed by atoms with E-state index in [0.717, 1.165) is 32.1 Å². The molecule has 8 heteroatoms. The number of aryl methyl sites for hydroxylation is 3. The number of aromatic amines is 1. The third-order valence-electron chi connectivity index (χ3n) is 4.63. The second-order valence-corrected chi connectivity index (χ2v) is 6.78. The molecular weight excluding hydrogens is 346 g/mol. The number of H-pyrrole nitrogens is 1. The number of nitrogens with zero attached hydrogens (tertiary/aromatic N) is 3. The topological polar surface area (TPSA) is 102 Å². The van der Waals surface area contributed by atoms with Crippen molar-refractivity contribution in [1.29, 1.82) is 0 Å². The van der Waals surface area contributed by atoms with Gasteiger partial charge in [0.2, 0.25) is 5.91 Å². The molecule has 2 aromatic rings. The number of carbonyl (C=O) groups is 1. The Bertz CT molecular complexity index is 878. The second-order valence-electron chi connectivity index (χ2n) is 6.78. The molecule has 8 nitrogen and oxygen atoms in total. The van der Waals surface area contributed by atoms with Crippen LogP contribution in [0.25, 0.3) is 11.2 Å². The highest BCUT2D eigenvalue weighted by atomic mass is 16.2. The summed E-state index contributed by atoms with van der Waals surface area (Å²) in [5, 5.41) is 2.78. The highest BCUT2D eigenvalue weighted by Gasteiger charge is 2.18. The van der Waals surface area contributed by atoms with E-state index < -0.39 is 11.2 Å². The van der Waals surface area contributed by atoms with E-state index >= 15 is 0 Å². The normalized spacial score (nSPS) is 11.2. The van der Waals surface area contributed by atoms with E-state index in [1.807, 2.05) is 11.5 Å². The largest absolute Gasteiger partial charge is 0.356 e. The van der Waals surface area contributed by atoms with Gasteiger partial charge in [0.25, 0.3) is 5.56 Å². The van der Waals surface area contributed by atoms with Crippen LogP contribution in [-0.2, 0) is 24.3 Å². The molecule has 0 aliphatic heterocycles. The van der Waals surface area contributed by atoms with E-state index in [1.54, 1.807) is 4.57 Å². The molecule has 0 bridgehead atoms. The lowest BCUT2D eigenvalue weighted by atomic mass is 10.2. The van der Waals surface area contributed by atoms with Crippen molar-refractivity contribution >= 4 is 17.1 Å². The summed E-state index contributed by atoms with van der Waals surface area (Å²) >= 11 is 0. The van der Waals surface area contributed by atoms with E-state index in [2.05, 4.69) is 29.1 Å². The van der Waals surface area contributed by atoms with Gasteiger partial charge in [0.15, 0.2) is 11.2 Å². The lowest BCUT2D eigenvalue weighted by Gasteiger charge is -2.09.